The van der Waals surface area contributed by atoms with Crippen molar-refractivity contribution in [2.45, 2.75) is 6.42 Å². The highest BCUT2D eigenvalue weighted by atomic mass is 16.2. The molecule has 6 heteroatoms. The minimum absolute atomic E-state index is 0.108. The zero-order chi connectivity index (χ0) is 13.7. The van der Waals surface area contributed by atoms with Crippen LogP contribution in [0.1, 0.15) is 16.9 Å². The molecule has 1 aromatic carbocycles. The number of fused-ring (bicyclic) bond motifs is 1. The summed E-state index contributed by atoms with van der Waals surface area (Å²) in [5.41, 5.74) is 12.3. The number of nitrogens with two attached hydrogens (primary N) is 2. The number of aromatic amines is 1. The van der Waals surface area contributed by atoms with E-state index < -0.39 is 0 Å². The van der Waals surface area contributed by atoms with E-state index in [2.05, 4.69) is 15.3 Å². The molecule has 0 aliphatic carbocycles. The van der Waals surface area contributed by atoms with E-state index in [1.807, 2.05) is 24.3 Å². The first-order valence-electron chi connectivity index (χ1n) is 6.10. The molecule has 0 saturated heterocycles. The number of carbonyl (C=O) groups excluding carboxylic acids is 1. The van der Waals surface area contributed by atoms with Gasteiger partial charge in [0, 0.05) is 17.4 Å². The number of rotatable bonds is 4. The molecule has 0 unspecified atom stereocenters. The molecule has 1 aromatic heterocycles. The fourth-order valence-electron chi connectivity index (χ4n) is 1.71. The maximum Gasteiger partial charge on any atom is 0.274 e. The van der Waals surface area contributed by atoms with Crippen molar-refractivity contribution < 1.29 is 4.79 Å². The van der Waals surface area contributed by atoms with Crippen LogP contribution in [0, 0.1) is 0 Å². The molecule has 19 heavy (non-hydrogen) atoms. The van der Waals surface area contributed by atoms with Crippen molar-refractivity contribution in [3.05, 3.63) is 36.0 Å². The first-order chi connectivity index (χ1) is 9.20. The van der Waals surface area contributed by atoms with Crippen LogP contribution in [0.25, 0.3) is 10.9 Å². The highest BCUT2D eigenvalue weighted by molar-refractivity contribution is 6.06. The molecule has 6 N–H and O–H groups in total. The van der Waals surface area contributed by atoms with Crippen LogP contribution in [0.3, 0.4) is 0 Å². The number of aliphatic imine (C=N–C) groups is 1. The lowest BCUT2D eigenvalue weighted by Gasteiger charge is -2.02. The molecule has 2 aromatic rings. The molecule has 0 atom stereocenters. The Morgan fingerprint density at radius 1 is 1.37 bits per heavy atom. The number of aromatic nitrogens is 1. The van der Waals surface area contributed by atoms with Crippen molar-refractivity contribution >= 4 is 22.8 Å². The number of benzene rings is 1. The van der Waals surface area contributed by atoms with Gasteiger partial charge in [-0.1, -0.05) is 18.2 Å². The van der Waals surface area contributed by atoms with E-state index in [9.17, 15) is 4.79 Å². The average Bonchev–Trinajstić information content (AvgIpc) is 2.83. The average molecular weight is 259 g/mol. The SMILES string of the molecule is NCCCN=C(N)NC(=O)c1cc2ccccc2[nH]1. The minimum Gasteiger partial charge on any atom is -0.370 e. The Hall–Kier alpha value is -2.34. The summed E-state index contributed by atoms with van der Waals surface area (Å²) in [6.45, 7) is 1.06. The maximum atomic E-state index is 11.9. The van der Waals surface area contributed by atoms with E-state index in [0.717, 1.165) is 17.3 Å². The summed E-state index contributed by atoms with van der Waals surface area (Å²) in [6, 6.07) is 9.44. The highest BCUT2D eigenvalue weighted by Crippen LogP contribution is 2.14. The Kier molecular flexibility index (Phi) is 4.15. The first kappa shape index (κ1) is 13.1. The molecule has 0 aliphatic rings. The van der Waals surface area contributed by atoms with Crippen LogP contribution in [-0.2, 0) is 0 Å². The van der Waals surface area contributed by atoms with Gasteiger partial charge in [-0.2, -0.15) is 0 Å². The standard InChI is InChI=1S/C13H17N5O/c14-6-3-7-16-13(15)18-12(19)11-8-9-4-1-2-5-10(9)17-11/h1-2,4-5,8,17H,3,6-7,14H2,(H3,15,16,18,19). The van der Waals surface area contributed by atoms with Crippen molar-refractivity contribution in [1.29, 1.82) is 0 Å². The van der Waals surface area contributed by atoms with Gasteiger partial charge >= 0.3 is 0 Å². The van der Waals surface area contributed by atoms with E-state index in [1.54, 1.807) is 6.07 Å². The summed E-state index contributed by atoms with van der Waals surface area (Å²) in [6.07, 6.45) is 0.739. The fraction of sp³-hybridized carbons (Fsp3) is 0.231. The molecule has 0 bridgehead atoms. The van der Waals surface area contributed by atoms with Gasteiger partial charge in [0.25, 0.3) is 5.91 Å². The van der Waals surface area contributed by atoms with E-state index in [4.69, 9.17) is 11.5 Å². The van der Waals surface area contributed by atoms with Gasteiger partial charge in [0.2, 0.25) is 0 Å². The molecular formula is C13H17N5O. The molecule has 0 spiro atoms. The normalized spacial score (nSPS) is 11.7. The van der Waals surface area contributed by atoms with Gasteiger partial charge < -0.3 is 16.5 Å². The minimum atomic E-state index is -0.301. The zero-order valence-corrected chi connectivity index (χ0v) is 10.5. The lowest BCUT2D eigenvalue weighted by molar-refractivity contribution is 0.0972. The number of nitrogens with zero attached hydrogens (tertiary/aromatic N) is 1. The number of hydrogen-bond donors (Lipinski definition) is 4. The van der Waals surface area contributed by atoms with E-state index >= 15 is 0 Å². The number of guanidine groups is 1. The molecule has 2 rings (SSSR count). The summed E-state index contributed by atoms with van der Waals surface area (Å²) >= 11 is 0. The second-order valence-electron chi connectivity index (χ2n) is 4.13. The summed E-state index contributed by atoms with van der Waals surface area (Å²) in [5, 5.41) is 3.51. The summed E-state index contributed by atoms with van der Waals surface area (Å²) in [7, 11) is 0. The fourth-order valence-corrected chi connectivity index (χ4v) is 1.71. The van der Waals surface area contributed by atoms with Gasteiger partial charge in [0.1, 0.15) is 5.69 Å². The third kappa shape index (κ3) is 3.32. The third-order valence-corrected chi connectivity index (χ3v) is 2.66. The van der Waals surface area contributed by atoms with Crippen LogP contribution in [0.5, 0.6) is 0 Å². The predicted octanol–water partition coefficient (Wildman–Crippen LogP) is 0.561. The smallest absolute Gasteiger partial charge is 0.274 e. The molecule has 0 aliphatic heterocycles. The number of H-pyrrole nitrogens is 1. The lowest BCUT2D eigenvalue weighted by atomic mass is 10.2. The molecule has 0 radical (unpaired) electrons. The van der Waals surface area contributed by atoms with E-state index in [1.165, 1.54) is 0 Å². The Labute approximate surface area is 110 Å². The Balaban J connectivity index is 2.05. The second kappa shape index (κ2) is 6.01. The van der Waals surface area contributed by atoms with Crippen molar-refractivity contribution in [1.82, 2.24) is 10.3 Å². The topological polar surface area (TPSA) is 109 Å². The van der Waals surface area contributed by atoms with Crippen LogP contribution >= 0.6 is 0 Å². The molecule has 6 nitrogen and oxygen atoms in total. The van der Waals surface area contributed by atoms with Crippen molar-refractivity contribution in [3.63, 3.8) is 0 Å². The summed E-state index contributed by atoms with van der Waals surface area (Å²) in [5.74, 6) is -0.192. The molecule has 1 heterocycles. The molecule has 0 fully saturated rings. The van der Waals surface area contributed by atoms with Gasteiger partial charge in [-0.3, -0.25) is 15.1 Å². The monoisotopic (exact) mass is 259 g/mol. The Morgan fingerprint density at radius 2 is 2.16 bits per heavy atom. The number of amides is 1. The van der Waals surface area contributed by atoms with Crippen molar-refractivity contribution in [3.8, 4) is 0 Å². The van der Waals surface area contributed by atoms with Gasteiger partial charge in [-0.05, 0) is 25.1 Å². The largest absolute Gasteiger partial charge is 0.370 e. The molecule has 100 valence electrons. The zero-order valence-electron chi connectivity index (χ0n) is 10.5. The Morgan fingerprint density at radius 3 is 2.89 bits per heavy atom. The maximum absolute atomic E-state index is 11.9. The number of hydrogen-bond acceptors (Lipinski definition) is 3. The van der Waals surface area contributed by atoms with Gasteiger partial charge in [-0.25, -0.2) is 0 Å². The van der Waals surface area contributed by atoms with Crippen LogP contribution in [0.4, 0.5) is 0 Å². The summed E-state index contributed by atoms with van der Waals surface area (Å²) in [4.78, 5) is 19.0. The quantitative estimate of drug-likeness (QED) is 0.366. The predicted molar refractivity (Wildman–Crippen MR) is 75.9 cm³/mol. The second-order valence-corrected chi connectivity index (χ2v) is 4.13. The van der Waals surface area contributed by atoms with E-state index in [-0.39, 0.29) is 11.9 Å². The molecule has 0 saturated carbocycles. The highest BCUT2D eigenvalue weighted by Gasteiger charge is 2.09. The van der Waals surface area contributed by atoms with Gasteiger partial charge in [0.05, 0.1) is 0 Å². The van der Waals surface area contributed by atoms with Crippen LogP contribution in [-0.4, -0.2) is 29.9 Å². The Bertz CT molecular complexity index is 569. The van der Waals surface area contributed by atoms with Crippen LogP contribution < -0.4 is 16.8 Å². The molecule has 1 amide bonds. The number of carbonyl (C=O) groups is 1. The molecular weight excluding hydrogens is 242 g/mol. The lowest BCUT2D eigenvalue weighted by Crippen LogP contribution is -2.37. The number of para-hydroxylation sites is 1. The van der Waals surface area contributed by atoms with Crippen LogP contribution in [0.15, 0.2) is 35.3 Å². The third-order valence-electron chi connectivity index (χ3n) is 2.66. The van der Waals surface area contributed by atoms with Gasteiger partial charge in [0.15, 0.2) is 5.96 Å². The number of nitrogens with one attached hydrogen (secondary N) is 2. The van der Waals surface area contributed by atoms with Crippen LogP contribution in [0.2, 0.25) is 0 Å². The van der Waals surface area contributed by atoms with Crippen molar-refractivity contribution in [2.24, 2.45) is 16.5 Å². The van der Waals surface area contributed by atoms with E-state index in [0.29, 0.717) is 18.8 Å². The first-order valence-corrected chi connectivity index (χ1v) is 6.10. The van der Waals surface area contributed by atoms with Gasteiger partial charge in [-0.15, -0.1) is 0 Å². The summed E-state index contributed by atoms with van der Waals surface area (Å²) < 4.78 is 0. The van der Waals surface area contributed by atoms with Crippen molar-refractivity contribution in [2.75, 3.05) is 13.1 Å².